The van der Waals surface area contributed by atoms with Gasteiger partial charge in [-0.2, -0.15) is 0 Å². The number of carbonyl (C=O) groups excluding carboxylic acids is 1. The molecule has 0 aliphatic carbocycles. The molecule has 0 spiro atoms. The van der Waals surface area contributed by atoms with Crippen LogP contribution in [0.3, 0.4) is 0 Å². The fourth-order valence-corrected chi connectivity index (χ4v) is 3.14. The van der Waals surface area contributed by atoms with Crippen molar-refractivity contribution < 1.29 is 18.3 Å². The molecule has 134 valence electrons. The van der Waals surface area contributed by atoms with Crippen molar-refractivity contribution in [2.24, 2.45) is 0 Å². The van der Waals surface area contributed by atoms with Gasteiger partial charge in [-0.1, -0.05) is 0 Å². The van der Waals surface area contributed by atoms with Gasteiger partial charge >= 0.3 is 0 Å². The lowest BCUT2D eigenvalue weighted by atomic mass is 10.1. The number of nitrogens with one attached hydrogen (secondary N) is 2. The summed E-state index contributed by atoms with van der Waals surface area (Å²) in [4.78, 5) is 12.4. The molecule has 0 saturated heterocycles. The zero-order valence-corrected chi connectivity index (χ0v) is 15.8. The Bertz CT molecular complexity index is 796. The number of anilines is 1. The first-order valence-electron chi connectivity index (χ1n) is 7.45. The SMILES string of the molecule is CSc1ccc(Oc2ccc(NS(=O)[O-])cc2CNC(C)=O)cc1C. The van der Waals surface area contributed by atoms with Gasteiger partial charge in [-0.15, -0.1) is 11.8 Å². The number of hydrogen-bond acceptors (Lipinski definition) is 5. The lowest BCUT2D eigenvalue weighted by molar-refractivity contribution is -0.119. The third-order valence-corrected chi connectivity index (χ3v) is 4.68. The van der Waals surface area contributed by atoms with E-state index in [0.29, 0.717) is 22.7 Å². The first kappa shape index (κ1) is 19.3. The summed E-state index contributed by atoms with van der Waals surface area (Å²) in [6.45, 7) is 3.65. The summed E-state index contributed by atoms with van der Waals surface area (Å²) in [6.07, 6.45) is 2.01. The number of benzene rings is 2. The van der Waals surface area contributed by atoms with Crippen molar-refractivity contribution in [1.29, 1.82) is 0 Å². The highest BCUT2D eigenvalue weighted by Crippen LogP contribution is 2.31. The van der Waals surface area contributed by atoms with Crippen molar-refractivity contribution in [2.45, 2.75) is 25.3 Å². The van der Waals surface area contributed by atoms with Crippen LogP contribution in [-0.2, 0) is 22.6 Å². The van der Waals surface area contributed by atoms with E-state index in [2.05, 4.69) is 10.0 Å². The van der Waals surface area contributed by atoms with Crippen LogP contribution in [0, 0.1) is 6.92 Å². The highest BCUT2D eigenvalue weighted by atomic mass is 32.2. The second-order valence-corrected chi connectivity index (χ2v) is 6.82. The molecule has 1 atom stereocenters. The first-order valence-corrected chi connectivity index (χ1v) is 9.75. The number of ether oxygens (including phenoxy) is 1. The standard InChI is InChI=1S/C17H20N2O4S2/c1-11-8-15(5-7-17(11)24-3)23-16-6-4-14(19-25(21)22)9-13(16)10-18-12(2)20/h4-9,19H,10H2,1-3H3,(H,18,20)(H,21,22)/p-1. The minimum Gasteiger partial charge on any atom is -0.755 e. The van der Waals surface area contributed by atoms with Gasteiger partial charge in [0.1, 0.15) is 11.5 Å². The van der Waals surface area contributed by atoms with E-state index in [4.69, 9.17) is 4.74 Å². The van der Waals surface area contributed by atoms with Crippen LogP contribution < -0.4 is 14.8 Å². The van der Waals surface area contributed by atoms with Gasteiger partial charge in [-0.05, 0) is 55.1 Å². The Morgan fingerprint density at radius 1 is 1.28 bits per heavy atom. The van der Waals surface area contributed by atoms with E-state index >= 15 is 0 Å². The minimum absolute atomic E-state index is 0.183. The van der Waals surface area contributed by atoms with E-state index in [0.717, 1.165) is 5.56 Å². The molecule has 0 radical (unpaired) electrons. The largest absolute Gasteiger partial charge is 0.755 e. The maximum Gasteiger partial charge on any atom is 0.217 e. The molecule has 2 N–H and O–H groups in total. The van der Waals surface area contributed by atoms with E-state index in [-0.39, 0.29) is 12.5 Å². The summed E-state index contributed by atoms with van der Waals surface area (Å²) in [7, 11) is 0. The van der Waals surface area contributed by atoms with E-state index in [9.17, 15) is 13.6 Å². The Balaban J connectivity index is 2.29. The van der Waals surface area contributed by atoms with Crippen LogP contribution >= 0.6 is 11.8 Å². The molecule has 25 heavy (non-hydrogen) atoms. The Labute approximate surface area is 153 Å². The van der Waals surface area contributed by atoms with Crippen LogP contribution in [-0.4, -0.2) is 20.9 Å². The van der Waals surface area contributed by atoms with Crippen LogP contribution in [0.5, 0.6) is 11.5 Å². The van der Waals surface area contributed by atoms with Gasteiger partial charge in [-0.25, -0.2) is 0 Å². The maximum absolute atomic E-state index is 11.2. The second-order valence-electron chi connectivity index (χ2n) is 5.30. The van der Waals surface area contributed by atoms with E-state index < -0.39 is 11.3 Å². The lowest BCUT2D eigenvalue weighted by Gasteiger charge is -2.15. The molecule has 6 nitrogen and oxygen atoms in total. The molecular formula is C17H19N2O4S2-. The number of hydrogen-bond donors (Lipinski definition) is 2. The molecular weight excluding hydrogens is 360 g/mol. The quantitative estimate of drug-likeness (QED) is 0.569. The molecule has 0 aromatic heterocycles. The average molecular weight is 379 g/mol. The zero-order valence-electron chi connectivity index (χ0n) is 14.1. The highest BCUT2D eigenvalue weighted by molar-refractivity contribution is 7.98. The first-order chi connectivity index (χ1) is 11.9. The maximum atomic E-state index is 11.2. The van der Waals surface area contributed by atoms with Crippen molar-refractivity contribution in [3.05, 3.63) is 47.5 Å². The normalized spacial score (nSPS) is 11.7. The van der Waals surface area contributed by atoms with Crippen molar-refractivity contribution in [3.63, 3.8) is 0 Å². The van der Waals surface area contributed by atoms with Gasteiger partial charge in [0.15, 0.2) is 0 Å². The van der Waals surface area contributed by atoms with Crippen molar-refractivity contribution in [3.8, 4) is 11.5 Å². The molecule has 8 heteroatoms. The van der Waals surface area contributed by atoms with Gasteiger partial charge in [0, 0.05) is 40.9 Å². The van der Waals surface area contributed by atoms with Crippen molar-refractivity contribution in [1.82, 2.24) is 5.32 Å². The summed E-state index contributed by atoms with van der Waals surface area (Å²) in [5.74, 6) is 1.04. The number of thioether (sulfide) groups is 1. The van der Waals surface area contributed by atoms with Crippen LogP contribution in [0.1, 0.15) is 18.1 Å². The molecule has 0 aliphatic rings. The smallest absolute Gasteiger partial charge is 0.217 e. The van der Waals surface area contributed by atoms with Gasteiger partial charge in [-0.3, -0.25) is 9.00 Å². The van der Waals surface area contributed by atoms with Gasteiger partial charge in [0.2, 0.25) is 5.91 Å². The van der Waals surface area contributed by atoms with Gasteiger partial charge in [0.05, 0.1) is 0 Å². The lowest BCUT2D eigenvalue weighted by Crippen LogP contribution is -2.19. The van der Waals surface area contributed by atoms with Crippen LogP contribution in [0.25, 0.3) is 0 Å². The zero-order chi connectivity index (χ0) is 18.4. The van der Waals surface area contributed by atoms with E-state index in [1.807, 2.05) is 31.4 Å². The summed E-state index contributed by atoms with van der Waals surface area (Å²) in [5, 5.41) is 2.69. The molecule has 0 heterocycles. The molecule has 0 fully saturated rings. The number of rotatable bonds is 7. The molecule has 0 bridgehead atoms. The fourth-order valence-electron chi connectivity index (χ4n) is 2.24. The van der Waals surface area contributed by atoms with Crippen LogP contribution in [0.2, 0.25) is 0 Å². The van der Waals surface area contributed by atoms with Crippen LogP contribution in [0.4, 0.5) is 5.69 Å². The van der Waals surface area contributed by atoms with Gasteiger partial charge in [0.25, 0.3) is 0 Å². The molecule has 0 aliphatic heterocycles. The fraction of sp³-hybridized carbons (Fsp3) is 0.235. The van der Waals surface area contributed by atoms with Crippen LogP contribution in [0.15, 0.2) is 41.3 Å². The summed E-state index contributed by atoms with van der Waals surface area (Å²) in [5.41, 5.74) is 2.17. The highest BCUT2D eigenvalue weighted by Gasteiger charge is 2.09. The Morgan fingerprint density at radius 3 is 2.64 bits per heavy atom. The van der Waals surface area contributed by atoms with Crippen molar-refractivity contribution >= 4 is 34.6 Å². The molecule has 2 aromatic carbocycles. The Kier molecular flexibility index (Phi) is 6.86. The van der Waals surface area contributed by atoms with Crippen molar-refractivity contribution in [2.75, 3.05) is 11.0 Å². The number of carbonyl (C=O) groups is 1. The number of amides is 1. The summed E-state index contributed by atoms with van der Waals surface area (Å²) in [6, 6.07) is 10.7. The summed E-state index contributed by atoms with van der Waals surface area (Å²) < 4.78 is 29.8. The molecule has 2 aromatic rings. The monoisotopic (exact) mass is 379 g/mol. The third-order valence-electron chi connectivity index (χ3n) is 3.38. The predicted molar refractivity (Wildman–Crippen MR) is 99.5 cm³/mol. The van der Waals surface area contributed by atoms with Gasteiger partial charge < -0.3 is 19.3 Å². The minimum atomic E-state index is -2.42. The molecule has 2 rings (SSSR count). The molecule has 0 saturated carbocycles. The predicted octanol–water partition coefficient (Wildman–Crippen LogP) is 3.35. The van der Waals surface area contributed by atoms with E-state index in [1.54, 1.807) is 30.0 Å². The Hall–Kier alpha value is -2.03. The third kappa shape index (κ3) is 5.77. The Morgan fingerprint density at radius 2 is 2.04 bits per heavy atom. The molecule has 1 unspecified atom stereocenters. The topological polar surface area (TPSA) is 90.5 Å². The van der Waals surface area contributed by atoms with E-state index in [1.165, 1.54) is 11.8 Å². The summed E-state index contributed by atoms with van der Waals surface area (Å²) >= 11 is -0.757. The second kappa shape index (κ2) is 8.89. The average Bonchev–Trinajstić information content (AvgIpc) is 2.54. The molecule has 1 amide bonds. The number of aryl methyl sites for hydroxylation is 1.